The number of hydrogen-bond donors (Lipinski definition) is 6. The topological polar surface area (TPSA) is 121 Å². The molecule has 0 radical (unpaired) electrons. The molecule has 0 spiro atoms. The van der Waals surface area contributed by atoms with E-state index >= 15 is 0 Å². The molecule has 6 nitrogen and oxygen atoms in total. The number of phenolic OH excluding ortho intramolecular Hbond substituents is 3. The van der Waals surface area contributed by atoms with Crippen LogP contribution in [0.15, 0.2) is 66.7 Å². The third-order valence-electron chi connectivity index (χ3n) is 5.08. The van der Waals surface area contributed by atoms with Crippen LogP contribution < -0.4 is 5.30 Å². The van der Waals surface area contributed by atoms with Crippen molar-refractivity contribution in [3.63, 3.8) is 0 Å². The molecule has 0 atom stereocenters. The number of phenols is 3. The molecule has 0 unspecified atom stereocenters. The second kappa shape index (κ2) is 15.3. The van der Waals surface area contributed by atoms with Crippen molar-refractivity contribution in [2.45, 2.75) is 59.3 Å². The lowest BCUT2D eigenvalue weighted by atomic mass is 9.94. The van der Waals surface area contributed by atoms with Crippen molar-refractivity contribution in [1.29, 1.82) is 0 Å². The Labute approximate surface area is 203 Å². The number of aryl methyl sites for hydroxylation is 1. The van der Waals surface area contributed by atoms with Gasteiger partial charge in [0.1, 0.15) is 17.2 Å². The Kier molecular flexibility index (Phi) is 13.2. The van der Waals surface area contributed by atoms with Crippen LogP contribution in [0, 0.1) is 6.92 Å². The fourth-order valence-corrected chi connectivity index (χ4v) is 4.25. The quantitative estimate of drug-likeness (QED) is 0.243. The van der Waals surface area contributed by atoms with Crippen molar-refractivity contribution in [2.24, 2.45) is 0 Å². The average molecular weight is 490 g/mol. The highest BCUT2D eigenvalue weighted by atomic mass is 31.2. The van der Waals surface area contributed by atoms with E-state index in [0.717, 1.165) is 31.2 Å². The lowest BCUT2D eigenvalue weighted by molar-refractivity contribution is 0.346. The van der Waals surface area contributed by atoms with Crippen molar-refractivity contribution < 1.29 is 30.0 Å². The highest BCUT2D eigenvalue weighted by Crippen LogP contribution is 2.46. The smallest absolute Gasteiger partial charge is 0.441 e. The third-order valence-corrected chi connectivity index (χ3v) is 6.13. The maximum Gasteiger partial charge on any atom is 0.441 e. The van der Waals surface area contributed by atoms with Crippen LogP contribution in [-0.4, -0.2) is 30.0 Å². The van der Waals surface area contributed by atoms with Crippen LogP contribution in [0.2, 0.25) is 0 Å². The molecule has 0 aromatic heterocycles. The van der Waals surface area contributed by atoms with Gasteiger partial charge in [-0.2, -0.15) is 14.7 Å². The molecular weight excluding hydrogens is 451 g/mol. The maximum absolute atomic E-state index is 10.3. The molecule has 0 aliphatic rings. The SMILES string of the molecule is CCCCc1c([P+](O)(O)O)cc(C)c(O)c1CCCC.Oc1ccccc1.Oc1ccccc1. The molecule has 0 bridgehead atoms. The molecule has 0 aliphatic heterocycles. The van der Waals surface area contributed by atoms with E-state index in [4.69, 9.17) is 10.2 Å². The maximum atomic E-state index is 10.3. The summed E-state index contributed by atoms with van der Waals surface area (Å²) < 4.78 is 0. The van der Waals surface area contributed by atoms with E-state index in [1.807, 2.05) is 12.1 Å². The highest BCUT2D eigenvalue weighted by molar-refractivity contribution is 7.66. The number of hydrogen-bond acceptors (Lipinski definition) is 6. The van der Waals surface area contributed by atoms with E-state index in [9.17, 15) is 19.8 Å². The number of rotatable bonds is 7. The normalized spacial score (nSPS) is 10.5. The van der Waals surface area contributed by atoms with E-state index in [-0.39, 0.29) is 11.1 Å². The Morgan fingerprint density at radius 3 is 1.38 bits per heavy atom. The fourth-order valence-electron chi connectivity index (χ4n) is 3.28. The van der Waals surface area contributed by atoms with Crippen molar-refractivity contribution >= 4 is 13.2 Å². The van der Waals surface area contributed by atoms with Gasteiger partial charge in [-0.3, -0.25) is 0 Å². The summed E-state index contributed by atoms with van der Waals surface area (Å²) in [5.41, 5.74) is 2.05. The molecule has 0 aliphatic carbocycles. The molecule has 0 saturated carbocycles. The lowest BCUT2D eigenvalue weighted by Crippen LogP contribution is -2.19. The molecule has 0 fully saturated rings. The molecule has 3 aromatic carbocycles. The van der Waals surface area contributed by atoms with Gasteiger partial charge in [0.15, 0.2) is 5.30 Å². The summed E-state index contributed by atoms with van der Waals surface area (Å²) in [6.07, 6.45) is 5.10. The molecule has 0 heterocycles. The minimum absolute atomic E-state index is 0.201. The summed E-state index contributed by atoms with van der Waals surface area (Å²) in [7, 11) is -4.06. The average Bonchev–Trinajstić information content (AvgIpc) is 2.80. The largest absolute Gasteiger partial charge is 0.508 e. The zero-order valence-electron chi connectivity index (χ0n) is 20.2. The summed E-state index contributed by atoms with van der Waals surface area (Å²) in [5.74, 6) is 0.867. The van der Waals surface area contributed by atoms with Crippen LogP contribution in [0.1, 0.15) is 56.2 Å². The Hall–Kier alpha value is -2.63. The monoisotopic (exact) mass is 489 g/mol. The summed E-state index contributed by atoms with van der Waals surface area (Å²) in [5, 5.41) is 27.7. The molecular formula is C27H38O6P+. The fraction of sp³-hybridized carbons (Fsp3) is 0.333. The number of unbranched alkanes of at least 4 members (excludes halogenated alkanes) is 2. The van der Waals surface area contributed by atoms with Crippen LogP contribution in [0.4, 0.5) is 0 Å². The Balaban J connectivity index is 0.000000331. The van der Waals surface area contributed by atoms with Gasteiger partial charge in [0.2, 0.25) is 0 Å². The van der Waals surface area contributed by atoms with Crippen LogP contribution in [-0.2, 0) is 12.8 Å². The predicted octanol–water partition coefficient (Wildman–Crippen LogP) is 5.54. The summed E-state index contributed by atoms with van der Waals surface area (Å²) in [6, 6.07) is 18.9. The third kappa shape index (κ3) is 10.5. The van der Waals surface area contributed by atoms with Gasteiger partial charge < -0.3 is 15.3 Å². The van der Waals surface area contributed by atoms with Gasteiger partial charge >= 0.3 is 7.94 Å². The summed E-state index contributed by atoms with van der Waals surface area (Å²) in [6.45, 7) is 5.84. The van der Waals surface area contributed by atoms with Crippen molar-refractivity contribution in [3.8, 4) is 17.2 Å². The Morgan fingerprint density at radius 1 is 0.647 bits per heavy atom. The van der Waals surface area contributed by atoms with E-state index in [1.165, 1.54) is 6.07 Å². The van der Waals surface area contributed by atoms with Gasteiger partial charge in [0.25, 0.3) is 0 Å². The highest BCUT2D eigenvalue weighted by Gasteiger charge is 2.38. The molecule has 0 amide bonds. The second-order valence-corrected chi connectivity index (χ2v) is 9.58. The minimum atomic E-state index is -4.06. The summed E-state index contributed by atoms with van der Waals surface area (Å²) >= 11 is 0. The molecule has 186 valence electrons. The first-order valence-corrected chi connectivity index (χ1v) is 13.2. The van der Waals surface area contributed by atoms with Gasteiger partial charge in [-0.1, -0.05) is 63.1 Å². The minimum Gasteiger partial charge on any atom is -0.508 e. The second-order valence-electron chi connectivity index (χ2n) is 7.96. The van der Waals surface area contributed by atoms with E-state index in [0.29, 0.717) is 35.5 Å². The Morgan fingerprint density at radius 2 is 1.06 bits per heavy atom. The van der Waals surface area contributed by atoms with Gasteiger partial charge in [0.05, 0.1) is 0 Å². The summed E-state index contributed by atoms with van der Waals surface area (Å²) in [4.78, 5) is 29.0. The van der Waals surface area contributed by atoms with Crippen molar-refractivity contribution in [3.05, 3.63) is 83.4 Å². The zero-order chi connectivity index (χ0) is 25.6. The molecule has 6 N–H and O–H groups in total. The molecule has 3 aromatic rings. The zero-order valence-corrected chi connectivity index (χ0v) is 21.1. The van der Waals surface area contributed by atoms with Crippen molar-refractivity contribution in [2.75, 3.05) is 0 Å². The number of para-hydroxylation sites is 2. The first-order chi connectivity index (χ1) is 16.1. The van der Waals surface area contributed by atoms with Crippen molar-refractivity contribution in [1.82, 2.24) is 0 Å². The predicted molar refractivity (Wildman–Crippen MR) is 139 cm³/mol. The van der Waals surface area contributed by atoms with Crippen LogP contribution in [0.5, 0.6) is 17.2 Å². The molecule has 7 heteroatoms. The van der Waals surface area contributed by atoms with Crippen LogP contribution in [0.25, 0.3) is 0 Å². The van der Waals surface area contributed by atoms with Crippen LogP contribution >= 0.6 is 7.94 Å². The standard InChI is InChI=1S/C15H25O4P.2C6H6O/c1-4-6-8-12-13(9-7-5-2)15(16)11(3)10-14(12)20(17,18)19;2*7-6-4-2-1-3-5-6/h10,17-19H,4-9H2,1-3H3;2*1-5,7H/p+1. The van der Waals surface area contributed by atoms with E-state index < -0.39 is 7.94 Å². The first-order valence-electron chi connectivity index (χ1n) is 11.5. The van der Waals surface area contributed by atoms with E-state index in [2.05, 4.69) is 13.8 Å². The number of benzene rings is 3. The lowest BCUT2D eigenvalue weighted by Gasteiger charge is -2.17. The first kappa shape index (κ1) is 29.4. The van der Waals surface area contributed by atoms with Crippen LogP contribution in [0.3, 0.4) is 0 Å². The molecule has 34 heavy (non-hydrogen) atoms. The molecule has 3 rings (SSSR count). The van der Waals surface area contributed by atoms with Gasteiger partial charge in [-0.15, -0.1) is 0 Å². The van der Waals surface area contributed by atoms with E-state index in [1.54, 1.807) is 55.5 Å². The van der Waals surface area contributed by atoms with Gasteiger partial charge in [0, 0.05) is 11.1 Å². The van der Waals surface area contributed by atoms with Gasteiger partial charge in [-0.05, 0) is 68.5 Å². The van der Waals surface area contributed by atoms with Gasteiger partial charge in [-0.25, -0.2) is 0 Å². The Bertz CT molecular complexity index is 919. The number of aromatic hydroxyl groups is 3. The molecule has 0 saturated heterocycles.